The van der Waals surface area contributed by atoms with Gasteiger partial charge in [0.1, 0.15) is 18.1 Å². The first-order chi connectivity index (χ1) is 10.2. The van der Waals surface area contributed by atoms with Crippen LogP contribution in [0.2, 0.25) is 0 Å². The van der Waals surface area contributed by atoms with Crippen LogP contribution in [-0.4, -0.2) is 16.1 Å². The van der Waals surface area contributed by atoms with Crippen molar-refractivity contribution in [3.05, 3.63) is 71.9 Å². The van der Waals surface area contributed by atoms with Crippen molar-refractivity contribution in [3.8, 4) is 5.75 Å². The van der Waals surface area contributed by atoms with E-state index in [-0.39, 0.29) is 18.1 Å². The Morgan fingerprint density at radius 2 is 1.86 bits per heavy atom. The van der Waals surface area contributed by atoms with Crippen LogP contribution in [0.15, 0.2) is 60.7 Å². The number of hydrogen-bond donors (Lipinski definition) is 1. The van der Waals surface area contributed by atoms with Crippen LogP contribution < -0.4 is 0 Å². The second kappa shape index (κ2) is 5.63. The first kappa shape index (κ1) is 13.1. The molecule has 0 fully saturated rings. The van der Waals surface area contributed by atoms with Gasteiger partial charge in [-0.3, -0.25) is 0 Å². The minimum absolute atomic E-state index is 0.170. The smallest absolute Gasteiger partial charge is 0.357 e. The Kier molecular flexibility index (Phi) is 3.51. The molecule has 104 valence electrons. The largest absolute Gasteiger partial charge is 0.508 e. The van der Waals surface area contributed by atoms with Crippen molar-refractivity contribution in [1.82, 2.24) is 4.98 Å². The molecule has 0 saturated heterocycles. The third-order valence-electron chi connectivity index (χ3n) is 3.09. The summed E-state index contributed by atoms with van der Waals surface area (Å²) in [5.74, 6) is -0.294. The lowest BCUT2D eigenvalue weighted by molar-refractivity contribution is 0.0466. The van der Waals surface area contributed by atoms with E-state index >= 15 is 0 Å². The van der Waals surface area contributed by atoms with Crippen molar-refractivity contribution in [2.45, 2.75) is 6.61 Å². The maximum atomic E-state index is 12.0. The van der Waals surface area contributed by atoms with Crippen molar-refractivity contribution < 1.29 is 14.6 Å². The van der Waals surface area contributed by atoms with E-state index in [0.717, 1.165) is 10.9 Å². The fourth-order valence-electron chi connectivity index (χ4n) is 2.02. The maximum absolute atomic E-state index is 12.0. The molecule has 0 amide bonds. The summed E-state index contributed by atoms with van der Waals surface area (Å²) >= 11 is 0. The monoisotopic (exact) mass is 279 g/mol. The minimum Gasteiger partial charge on any atom is -0.508 e. The van der Waals surface area contributed by atoms with Crippen molar-refractivity contribution in [2.24, 2.45) is 0 Å². The van der Waals surface area contributed by atoms with E-state index in [2.05, 4.69) is 4.98 Å². The third-order valence-corrected chi connectivity index (χ3v) is 3.09. The Balaban J connectivity index is 1.77. The highest BCUT2D eigenvalue weighted by atomic mass is 16.5. The quantitative estimate of drug-likeness (QED) is 0.747. The lowest BCUT2D eigenvalue weighted by Gasteiger charge is -2.05. The summed E-state index contributed by atoms with van der Waals surface area (Å²) in [6.07, 6.45) is 0. The summed E-state index contributed by atoms with van der Waals surface area (Å²) in [6, 6.07) is 17.6. The normalized spacial score (nSPS) is 10.5. The Bertz CT molecular complexity index is 784. The average molecular weight is 279 g/mol. The van der Waals surface area contributed by atoms with Gasteiger partial charge in [-0.2, -0.15) is 0 Å². The predicted molar refractivity (Wildman–Crippen MR) is 79.0 cm³/mol. The average Bonchev–Trinajstić information content (AvgIpc) is 2.53. The van der Waals surface area contributed by atoms with Crippen LogP contribution in [0.1, 0.15) is 16.1 Å². The first-order valence-electron chi connectivity index (χ1n) is 6.53. The Morgan fingerprint density at radius 3 is 2.67 bits per heavy atom. The van der Waals surface area contributed by atoms with E-state index in [1.54, 1.807) is 24.3 Å². The van der Waals surface area contributed by atoms with Gasteiger partial charge in [0.2, 0.25) is 0 Å². The summed E-state index contributed by atoms with van der Waals surface area (Å²) in [4.78, 5) is 16.2. The summed E-state index contributed by atoms with van der Waals surface area (Å²) in [7, 11) is 0. The molecule has 21 heavy (non-hydrogen) atoms. The molecule has 4 nitrogen and oxygen atoms in total. The number of phenols is 1. The zero-order valence-electron chi connectivity index (χ0n) is 11.2. The van der Waals surface area contributed by atoms with Crippen LogP contribution >= 0.6 is 0 Å². The van der Waals surface area contributed by atoms with Crippen molar-refractivity contribution in [1.29, 1.82) is 0 Å². The summed E-state index contributed by atoms with van der Waals surface area (Å²) in [6.45, 7) is 0.217. The molecule has 3 rings (SSSR count). The van der Waals surface area contributed by atoms with Gasteiger partial charge in [-0.1, -0.05) is 36.4 Å². The summed E-state index contributed by atoms with van der Waals surface area (Å²) < 4.78 is 5.24. The summed E-state index contributed by atoms with van der Waals surface area (Å²) in [5.41, 5.74) is 1.82. The highest BCUT2D eigenvalue weighted by molar-refractivity contribution is 5.91. The Hall–Kier alpha value is -2.88. The van der Waals surface area contributed by atoms with Gasteiger partial charge in [0, 0.05) is 5.39 Å². The summed E-state index contributed by atoms with van der Waals surface area (Å²) in [5, 5.41) is 10.2. The molecule has 0 bridgehead atoms. The van der Waals surface area contributed by atoms with Gasteiger partial charge in [-0.25, -0.2) is 9.78 Å². The highest BCUT2D eigenvalue weighted by Gasteiger charge is 2.10. The molecule has 0 saturated carbocycles. The van der Waals surface area contributed by atoms with Crippen molar-refractivity contribution >= 4 is 16.9 Å². The maximum Gasteiger partial charge on any atom is 0.357 e. The van der Waals surface area contributed by atoms with Gasteiger partial charge in [-0.05, 0) is 29.8 Å². The number of aromatic hydroxyl groups is 1. The zero-order valence-corrected chi connectivity index (χ0v) is 11.2. The number of carbonyl (C=O) groups excluding carboxylic acids is 1. The van der Waals surface area contributed by atoms with Gasteiger partial charge < -0.3 is 9.84 Å². The molecule has 0 aliphatic rings. The number of ether oxygens (including phenoxy) is 1. The minimum atomic E-state index is -0.464. The van der Waals surface area contributed by atoms with Gasteiger partial charge in [0.05, 0.1) is 5.52 Å². The molecule has 4 heteroatoms. The molecule has 0 atom stereocenters. The number of benzene rings is 2. The van der Waals surface area contributed by atoms with Crippen LogP contribution in [0, 0.1) is 0 Å². The SMILES string of the molecule is O=C(OCc1ccccc1)c1ccc2cc(O)ccc2n1. The lowest BCUT2D eigenvalue weighted by Crippen LogP contribution is -2.07. The number of rotatable bonds is 3. The number of pyridine rings is 1. The second-order valence-corrected chi connectivity index (χ2v) is 4.64. The molecular formula is C17H13NO3. The van der Waals surface area contributed by atoms with Gasteiger partial charge in [-0.15, -0.1) is 0 Å². The van der Waals surface area contributed by atoms with E-state index in [9.17, 15) is 9.90 Å². The molecule has 0 aliphatic heterocycles. The van der Waals surface area contributed by atoms with E-state index in [1.807, 2.05) is 30.3 Å². The van der Waals surface area contributed by atoms with Crippen LogP contribution in [0.3, 0.4) is 0 Å². The first-order valence-corrected chi connectivity index (χ1v) is 6.53. The molecule has 1 aromatic heterocycles. The van der Waals surface area contributed by atoms with Crippen LogP contribution in [0.4, 0.5) is 0 Å². The third kappa shape index (κ3) is 3.00. The molecule has 0 radical (unpaired) electrons. The van der Waals surface area contributed by atoms with Crippen molar-refractivity contribution in [2.75, 3.05) is 0 Å². The Labute approximate surface area is 121 Å². The number of aromatic nitrogens is 1. The molecular weight excluding hydrogens is 266 g/mol. The van der Waals surface area contributed by atoms with E-state index in [1.165, 1.54) is 6.07 Å². The number of nitrogens with zero attached hydrogens (tertiary/aromatic N) is 1. The zero-order chi connectivity index (χ0) is 14.7. The van der Waals surface area contributed by atoms with E-state index < -0.39 is 5.97 Å². The van der Waals surface area contributed by atoms with Crippen LogP contribution in [-0.2, 0) is 11.3 Å². The van der Waals surface area contributed by atoms with Gasteiger partial charge in [0.15, 0.2) is 0 Å². The molecule has 1 N–H and O–H groups in total. The number of carbonyl (C=O) groups is 1. The number of esters is 1. The number of hydrogen-bond acceptors (Lipinski definition) is 4. The topological polar surface area (TPSA) is 59.4 Å². The van der Waals surface area contributed by atoms with E-state index in [0.29, 0.717) is 5.52 Å². The molecule has 2 aromatic carbocycles. The predicted octanol–water partition coefficient (Wildman–Crippen LogP) is 3.30. The number of fused-ring (bicyclic) bond motifs is 1. The molecule has 3 aromatic rings. The molecule has 0 unspecified atom stereocenters. The number of phenolic OH excluding ortho intramolecular Hbond substituents is 1. The molecule has 0 spiro atoms. The van der Waals surface area contributed by atoms with Crippen LogP contribution in [0.25, 0.3) is 10.9 Å². The second-order valence-electron chi connectivity index (χ2n) is 4.64. The fourth-order valence-corrected chi connectivity index (χ4v) is 2.02. The molecule has 0 aliphatic carbocycles. The van der Waals surface area contributed by atoms with Gasteiger partial charge in [0.25, 0.3) is 0 Å². The lowest BCUT2D eigenvalue weighted by atomic mass is 10.2. The van der Waals surface area contributed by atoms with Gasteiger partial charge >= 0.3 is 5.97 Å². The fraction of sp³-hybridized carbons (Fsp3) is 0.0588. The van der Waals surface area contributed by atoms with E-state index in [4.69, 9.17) is 4.74 Å². The van der Waals surface area contributed by atoms with Crippen LogP contribution in [0.5, 0.6) is 5.75 Å². The van der Waals surface area contributed by atoms with Crippen molar-refractivity contribution in [3.63, 3.8) is 0 Å². The standard InChI is InChI=1S/C17H13NO3/c19-14-7-9-15-13(10-14)6-8-16(18-15)17(20)21-11-12-4-2-1-3-5-12/h1-10,19H,11H2. The highest BCUT2D eigenvalue weighted by Crippen LogP contribution is 2.19. The molecule has 1 heterocycles. The Morgan fingerprint density at radius 1 is 1.05 bits per heavy atom.